The standard InChI is InChI=1S/C31H35ClF2N6O2S/c1-18(2)40-30-24(20-8-11-23(12-9-20)37-19(3)15-33)16-36-31(35)28(30)29(38-40)21-10-13-27(26(34)14-21)39-43(41,42)17-22-6-4-5-7-25(22)32/h4-8,10,13-14,16,18-19,23,37,39H,9,11-12,15,17H2,1-3H3,(H2,35,36)/t19-,23+/m0/s1. The lowest BCUT2D eigenvalue weighted by Gasteiger charge is -2.26. The summed E-state index contributed by atoms with van der Waals surface area (Å²) in [6.07, 6.45) is 6.28. The minimum absolute atomic E-state index is 0.0402. The molecule has 1 aliphatic rings. The van der Waals surface area contributed by atoms with Crippen LogP contribution in [0, 0.1) is 5.82 Å². The fraction of sp³-hybridized carbons (Fsp3) is 0.355. The lowest BCUT2D eigenvalue weighted by atomic mass is 9.90. The molecule has 0 saturated carbocycles. The Morgan fingerprint density at radius 1 is 1.19 bits per heavy atom. The second-order valence-electron chi connectivity index (χ2n) is 11.2. The molecule has 2 atom stereocenters. The van der Waals surface area contributed by atoms with Gasteiger partial charge in [0.25, 0.3) is 0 Å². The van der Waals surface area contributed by atoms with Gasteiger partial charge in [0.05, 0.1) is 22.3 Å². The molecule has 2 aromatic carbocycles. The van der Waals surface area contributed by atoms with Gasteiger partial charge in [-0.2, -0.15) is 5.10 Å². The van der Waals surface area contributed by atoms with Crippen molar-refractivity contribution in [3.05, 3.63) is 76.7 Å². The normalized spacial score (nSPS) is 16.4. The highest BCUT2D eigenvalue weighted by atomic mass is 35.5. The average molecular weight is 629 g/mol. The van der Waals surface area contributed by atoms with Crippen LogP contribution in [0.15, 0.2) is 54.7 Å². The molecule has 0 radical (unpaired) electrons. The number of fused-ring (bicyclic) bond motifs is 1. The van der Waals surface area contributed by atoms with Gasteiger partial charge in [0.1, 0.15) is 24.0 Å². The van der Waals surface area contributed by atoms with Gasteiger partial charge in [0, 0.05) is 40.5 Å². The monoisotopic (exact) mass is 628 g/mol. The fourth-order valence-electron chi connectivity index (χ4n) is 5.45. The number of nitrogens with two attached hydrogens (primary N) is 1. The lowest BCUT2D eigenvalue weighted by Crippen LogP contribution is -2.38. The SMILES string of the molecule is CC(C)n1nc(-c2ccc(NS(=O)(=O)Cc3ccccc3Cl)c(F)c2)c2c(N)ncc(C3=CC[C@@H](N[C@@H](C)CF)CC3)c21. The number of pyridine rings is 1. The van der Waals surface area contributed by atoms with Crippen LogP contribution in [-0.2, 0) is 15.8 Å². The molecule has 0 fully saturated rings. The topological polar surface area (TPSA) is 115 Å². The van der Waals surface area contributed by atoms with Crippen LogP contribution in [0.25, 0.3) is 27.7 Å². The van der Waals surface area contributed by atoms with E-state index in [-0.39, 0.29) is 29.6 Å². The van der Waals surface area contributed by atoms with Gasteiger partial charge in [-0.3, -0.25) is 9.40 Å². The van der Waals surface area contributed by atoms with Crippen molar-refractivity contribution in [2.45, 2.75) is 63.9 Å². The van der Waals surface area contributed by atoms with E-state index in [4.69, 9.17) is 22.4 Å². The predicted molar refractivity (Wildman–Crippen MR) is 170 cm³/mol. The number of nitrogens with one attached hydrogen (secondary N) is 2. The van der Waals surface area contributed by atoms with E-state index in [9.17, 15) is 12.8 Å². The van der Waals surface area contributed by atoms with Crippen molar-refractivity contribution in [1.82, 2.24) is 20.1 Å². The minimum atomic E-state index is -3.94. The number of rotatable bonds is 10. The Morgan fingerprint density at radius 3 is 2.60 bits per heavy atom. The predicted octanol–water partition coefficient (Wildman–Crippen LogP) is 6.88. The molecule has 0 aliphatic heterocycles. The molecular formula is C31H35ClF2N6O2S. The van der Waals surface area contributed by atoms with Crippen LogP contribution in [0.2, 0.25) is 5.02 Å². The van der Waals surface area contributed by atoms with Gasteiger partial charge in [-0.1, -0.05) is 41.9 Å². The van der Waals surface area contributed by atoms with E-state index in [1.54, 1.807) is 36.5 Å². The first-order valence-corrected chi connectivity index (χ1v) is 16.2. The Morgan fingerprint density at radius 2 is 1.95 bits per heavy atom. The van der Waals surface area contributed by atoms with Crippen LogP contribution in [-0.4, -0.2) is 41.9 Å². The molecule has 0 bridgehead atoms. The van der Waals surface area contributed by atoms with Gasteiger partial charge in [0.2, 0.25) is 10.0 Å². The number of nitrogens with zero attached hydrogens (tertiary/aromatic N) is 3. The Kier molecular flexibility index (Phi) is 9.05. The summed E-state index contributed by atoms with van der Waals surface area (Å²) in [5, 5.41) is 9.09. The van der Waals surface area contributed by atoms with Crippen LogP contribution < -0.4 is 15.8 Å². The van der Waals surface area contributed by atoms with E-state index in [1.165, 1.54) is 12.1 Å². The fourth-order valence-corrected chi connectivity index (χ4v) is 6.97. The molecule has 4 N–H and O–H groups in total. The molecule has 0 spiro atoms. The first-order chi connectivity index (χ1) is 20.5. The summed E-state index contributed by atoms with van der Waals surface area (Å²) in [5.41, 5.74) is 10.3. The third-order valence-corrected chi connectivity index (χ3v) is 9.15. The molecule has 4 aromatic rings. The molecule has 12 heteroatoms. The molecule has 8 nitrogen and oxygen atoms in total. The Bertz CT molecular complexity index is 1790. The molecule has 2 aromatic heterocycles. The van der Waals surface area contributed by atoms with Crippen LogP contribution in [0.4, 0.5) is 20.3 Å². The van der Waals surface area contributed by atoms with Gasteiger partial charge < -0.3 is 11.1 Å². The molecular weight excluding hydrogens is 594 g/mol. The van der Waals surface area contributed by atoms with Gasteiger partial charge in [0.15, 0.2) is 0 Å². The van der Waals surface area contributed by atoms with Crippen LogP contribution >= 0.6 is 11.6 Å². The van der Waals surface area contributed by atoms with Crippen LogP contribution in [0.3, 0.4) is 0 Å². The van der Waals surface area contributed by atoms with Crippen LogP contribution in [0.5, 0.6) is 0 Å². The molecule has 0 amide bonds. The Balaban J connectivity index is 1.49. The third-order valence-electron chi connectivity index (χ3n) is 7.56. The average Bonchev–Trinajstić information content (AvgIpc) is 3.38. The van der Waals surface area contributed by atoms with Gasteiger partial charge in [-0.15, -0.1) is 0 Å². The maximum Gasteiger partial charge on any atom is 0.237 e. The molecule has 0 unspecified atom stereocenters. The van der Waals surface area contributed by atoms with Crippen LogP contribution in [0.1, 0.15) is 57.2 Å². The van der Waals surface area contributed by atoms with Crippen molar-refractivity contribution < 1.29 is 17.2 Å². The minimum Gasteiger partial charge on any atom is -0.383 e. The molecule has 1 aliphatic carbocycles. The Labute approximate surface area is 255 Å². The van der Waals surface area contributed by atoms with Crippen molar-refractivity contribution in [3.63, 3.8) is 0 Å². The number of hydrogen-bond donors (Lipinski definition) is 3. The van der Waals surface area contributed by atoms with Crippen molar-refractivity contribution >= 4 is 49.6 Å². The number of sulfonamides is 1. The highest BCUT2D eigenvalue weighted by Gasteiger charge is 2.25. The molecule has 228 valence electrons. The van der Waals surface area contributed by atoms with Crippen molar-refractivity contribution in [2.75, 3.05) is 17.1 Å². The van der Waals surface area contributed by atoms with Crippen molar-refractivity contribution in [2.24, 2.45) is 0 Å². The second kappa shape index (κ2) is 12.6. The first-order valence-electron chi connectivity index (χ1n) is 14.2. The largest absolute Gasteiger partial charge is 0.383 e. The smallest absolute Gasteiger partial charge is 0.237 e. The number of anilines is 2. The zero-order valence-corrected chi connectivity index (χ0v) is 25.8. The number of nitrogen functional groups attached to an aromatic ring is 1. The summed E-state index contributed by atoms with van der Waals surface area (Å²) in [6, 6.07) is 10.8. The highest BCUT2D eigenvalue weighted by molar-refractivity contribution is 7.91. The summed E-state index contributed by atoms with van der Waals surface area (Å²) >= 11 is 6.12. The van der Waals surface area contributed by atoms with E-state index < -0.39 is 28.3 Å². The highest BCUT2D eigenvalue weighted by Crippen LogP contribution is 2.39. The van der Waals surface area contributed by atoms with E-state index in [2.05, 4.69) is 21.1 Å². The van der Waals surface area contributed by atoms with Crippen molar-refractivity contribution in [3.8, 4) is 11.3 Å². The molecule has 2 heterocycles. The summed E-state index contributed by atoms with van der Waals surface area (Å²) in [7, 11) is -3.94. The molecule has 5 rings (SSSR count). The van der Waals surface area contributed by atoms with Gasteiger partial charge in [-0.05, 0) is 69.4 Å². The zero-order valence-electron chi connectivity index (χ0n) is 24.2. The summed E-state index contributed by atoms with van der Waals surface area (Å²) < 4.78 is 58.2. The molecule has 43 heavy (non-hydrogen) atoms. The number of halogens is 3. The zero-order chi connectivity index (χ0) is 30.9. The summed E-state index contributed by atoms with van der Waals surface area (Å²) in [6.45, 7) is 5.42. The maximum absolute atomic E-state index is 15.4. The summed E-state index contributed by atoms with van der Waals surface area (Å²) in [5.74, 6) is -0.895. The van der Waals surface area contributed by atoms with E-state index in [1.807, 2.05) is 25.5 Å². The lowest BCUT2D eigenvalue weighted by molar-refractivity contribution is 0.347. The summed E-state index contributed by atoms with van der Waals surface area (Å²) in [4.78, 5) is 4.48. The van der Waals surface area contributed by atoms with E-state index >= 15 is 4.39 Å². The van der Waals surface area contributed by atoms with Crippen molar-refractivity contribution in [1.29, 1.82) is 0 Å². The number of alkyl halides is 1. The first kappa shape index (κ1) is 30.9. The van der Waals surface area contributed by atoms with Gasteiger partial charge in [-0.25, -0.2) is 22.2 Å². The number of hydrogen-bond acceptors (Lipinski definition) is 6. The molecule has 0 saturated heterocycles. The number of benzene rings is 2. The third kappa shape index (κ3) is 6.68. The number of allylic oxidation sites excluding steroid dienone is 1. The second-order valence-corrected chi connectivity index (χ2v) is 13.4. The number of aromatic nitrogens is 3. The van der Waals surface area contributed by atoms with Gasteiger partial charge >= 0.3 is 0 Å². The van der Waals surface area contributed by atoms with E-state index in [0.717, 1.165) is 35.9 Å². The quantitative estimate of drug-likeness (QED) is 0.176. The maximum atomic E-state index is 15.4. The Hall–Kier alpha value is -3.54. The van der Waals surface area contributed by atoms with E-state index in [0.29, 0.717) is 27.2 Å².